The van der Waals surface area contributed by atoms with E-state index in [-0.39, 0.29) is 5.54 Å². The molecule has 0 amide bonds. The second-order valence-electron chi connectivity index (χ2n) is 6.21. The molecule has 0 radical (unpaired) electrons. The largest absolute Gasteiger partial charge is 0.308 e. The molecule has 1 aromatic rings. The summed E-state index contributed by atoms with van der Waals surface area (Å²) in [6.07, 6.45) is 0. The van der Waals surface area contributed by atoms with Crippen LogP contribution in [0.2, 0.25) is 5.02 Å². The van der Waals surface area contributed by atoms with E-state index >= 15 is 0 Å². The van der Waals surface area contributed by atoms with Crippen molar-refractivity contribution in [3.05, 3.63) is 28.8 Å². The number of hydrogen-bond acceptors (Lipinski definition) is 3. The molecule has 4 heteroatoms. The van der Waals surface area contributed by atoms with Gasteiger partial charge in [-0.15, -0.1) is 11.8 Å². The van der Waals surface area contributed by atoms with E-state index in [9.17, 15) is 0 Å². The fraction of sp³-hybridized carbons (Fsp3) is 0.647. The maximum absolute atomic E-state index is 6.40. The van der Waals surface area contributed by atoms with Gasteiger partial charge in [0.2, 0.25) is 0 Å². The molecule has 0 aliphatic heterocycles. The van der Waals surface area contributed by atoms with Crippen LogP contribution in [0.3, 0.4) is 0 Å². The average molecular weight is 329 g/mol. The minimum atomic E-state index is 0.117. The predicted octanol–water partition coefficient (Wildman–Crippen LogP) is 4.66. The van der Waals surface area contributed by atoms with Gasteiger partial charge in [-0.3, -0.25) is 0 Å². The van der Waals surface area contributed by atoms with Crippen LogP contribution >= 0.6 is 23.4 Å². The second kappa shape index (κ2) is 9.04. The maximum Gasteiger partial charge on any atom is 0.0545 e. The lowest BCUT2D eigenvalue weighted by Crippen LogP contribution is -2.35. The highest BCUT2D eigenvalue weighted by molar-refractivity contribution is 7.99. The zero-order chi connectivity index (χ0) is 15.9. The van der Waals surface area contributed by atoms with Gasteiger partial charge in [-0.05, 0) is 45.5 Å². The van der Waals surface area contributed by atoms with Crippen molar-refractivity contribution in [2.24, 2.45) is 0 Å². The van der Waals surface area contributed by atoms with Crippen LogP contribution in [0, 0.1) is 0 Å². The Balaban J connectivity index is 2.67. The van der Waals surface area contributed by atoms with Gasteiger partial charge < -0.3 is 10.2 Å². The quantitative estimate of drug-likeness (QED) is 0.698. The molecule has 0 saturated carbocycles. The standard InChI is InChI=1S/C17H29ClN2S/c1-6-20(7-2)11-12-21-16-14(9-8-10-15(16)18)13-19-17(3,4)5/h8-10,19H,6-7,11-13H2,1-5H3. The molecule has 2 nitrogen and oxygen atoms in total. The highest BCUT2D eigenvalue weighted by Crippen LogP contribution is 2.31. The molecule has 0 aromatic heterocycles. The SMILES string of the molecule is CCN(CC)CCSc1c(Cl)cccc1CNC(C)(C)C. The fourth-order valence-corrected chi connectivity index (χ4v) is 3.47. The Hall–Kier alpha value is -0.220. The van der Waals surface area contributed by atoms with Crippen molar-refractivity contribution in [3.8, 4) is 0 Å². The number of rotatable bonds is 8. The number of thioether (sulfide) groups is 1. The maximum atomic E-state index is 6.40. The van der Waals surface area contributed by atoms with Crippen LogP contribution in [0.1, 0.15) is 40.2 Å². The van der Waals surface area contributed by atoms with E-state index < -0.39 is 0 Å². The predicted molar refractivity (Wildman–Crippen MR) is 96.6 cm³/mol. The van der Waals surface area contributed by atoms with Gasteiger partial charge in [0.1, 0.15) is 0 Å². The van der Waals surface area contributed by atoms with Crippen LogP contribution in [-0.2, 0) is 6.54 Å². The van der Waals surface area contributed by atoms with Crippen LogP contribution in [-0.4, -0.2) is 35.8 Å². The van der Waals surface area contributed by atoms with Gasteiger partial charge in [-0.25, -0.2) is 0 Å². The minimum Gasteiger partial charge on any atom is -0.308 e. The third-order valence-corrected chi connectivity index (χ3v) is 4.99. The Labute approximate surface area is 139 Å². The molecule has 120 valence electrons. The van der Waals surface area contributed by atoms with E-state index in [1.807, 2.05) is 23.9 Å². The number of nitrogens with one attached hydrogen (secondary N) is 1. The number of benzene rings is 1. The van der Waals surface area contributed by atoms with Gasteiger partial charge in [-0.2, -0.15) is 0 Å². The second-order valence-corrected chi connectivity index (χ2v) is 7.72. The molecule has 0 atom stereocenters. The van der Waals surface area contributed by atoms with Gasteiger partial charge in [0.05, 0.1) is 5.02 Å². The van der Waals surface area contributed by atoms with Crippen molar-refractivity contribution in [2.75, 3.05) is 25.4 Å². The van der Waals surface area contributed by atoms with Crippen LogP contribution in [0.25, 0.3) is 0 Å². The zero-order valence-corrected chi connectivity index (χ0v) is 15.6. The summed E-state index contributed by atoms with van der Waals surface area (Å²) in [5, 5.41) is 4.41. The Kier molecular flexibility index (Phi) is 8.10. The first-order chi connectivity index (χ1) is 9.87. The third kappa shape index (κ3) is 7.05. The van der Waals surface area contributed by atoms with E-state index in [0.717, 1.165) is 37.0 Å². The first kappa shape index (κ1) is 18.8. The monoisotopic (exact) mass is 328 g/mol. The van der Waals surface area contributed by atoms with E-state index in [1.54, 1.807) is 0 Å². The molecule has 0 unspecified atom stereocenters. The smallest absolute Gasteiger partial charge is 0.0545 e. The summed E-state index contributed by atoms with van der Waals surface area (Å²) in [5.74, 6) is 1.08. The van der Waals surface area contributed by atoms with Gasteiger partial charge >= 0.3 is 0 Å². The molecule has 0 heterocycles. The summed E-state index contributed by atoms with van der Waals surface area (Å²) in [4.78, 5) is 3.67. The summed E-state index contributed by atoms with van der Waals surface area (Å²) in [7, 11) is 0. The van der Waals surface area contributed by atoms with Crippen LogP contribution < -0.4 is 5.32 Å². The Morgan fingerprint density at radius 2 is 1.86 bits per heavy atom. The highest BCUT2D eigenvalue weighted by atomic mass is 35.5. The van der Waals surface area contributed by atoms with Gasteiger partial charge in [0, 0.05) is 29.3 Å². The minimum absolute atomic E-state index is 0.117. The van der Waals surface area contributed by atoms with Crippen LogP contribution in [0.4, 0.5) is 0 Å². The molecule has 1 rings (SSSR count). The summed E-state index contributed by atoms with van der Waals surface area (Å²) in [6, 6.07) is 6.20. The fourth-order valence-electron chi connectivity index (χ4n) is 2.03. The molecule has 0 spiro atoms. The summed E-state index contributed by atoms with van der Waals surface area (Å²) >= 11 is 8.27. The lowest BCUT2D eigenvalue weighted by atomic mass is 10.1. The van der Waals surface area contributed by atoms with Crippen molar-refractivity contribution in [3.63, 3.8) is 0 Å². The molecule has 21 heavy (non-hydrogen) atoms. The molecule has 0 fully saturated rings. The van der Waals surface area contributed by atoms with Crippen LogP contribution in [0.5, 0.6) is 0 Å². The molecule has 0 aliphatic carbocycles. The lowest BCUT2D eigenvalue weighted by Gasteiger charge is -2.22. The topological polar surface area (TPSA) is 15.3 Å². The number of hydrogen-bond donors (Lipinski definition) is 1. The summed E-state index contributed by atoms with van der Waals surface area (Å²) in [5.41, 5.74) is 1.41. The summed E-state index contributed by atoms with van der Waals surface area (Å²) in [6.45, 7) is 15.2. The summed E-state index contributed by atoms with van der Waals surface area (Å²) < 4.78 is 0. The van der Waals surface area contributed by atoms with Crippen molar-refractivity contribution < 1.29 is 0 Å². The van der Waals surface area contributed by atoms with Crippen LogP contribution in [0.15, 0.2) is 23.1 Å². The third-order valence-electron chi connectivity index (χ3n) is 3.41. The average Bonchev–Trinajstić information content (AvgIpc) is 2.42. The molecule has 0 bridgehead atoms. The number of nitrogens with zero attached hydrogens (tertiary/aromatic N) is 1. The molecule has 1 aromatic carbocycles. The zero-order valence-electron chi connectivity index (χ0n) is 14.0. The van der Waals surface area contributed by atoms with Crippen molar-refractivity contribution in [2.45, 2.75) is 51.6 Å². The van der Waals surface area contributed by atoms with Crippen molar-refractivity contribution in [1.29, 1.82) is 0 Å². The highest BCUT2D eigenvalue weighted by Gasteiger charge is 2.12. The Bertz CT molecular complexity index is 425. The van der Waals surface area contributed by atoms with Gasteiger partial charge in [0.25, 0.3) is 0 Å². The van der Waals surface area contributed by atoms with Gasteiger partial charge in [0.15, 0.2) is 0 Å². The molecule has 0 aliphatic rings. The lowest BCUT2D eigenvalue weighted by molar-refractivity contribution is 0.324. The molecular formula is C17H29ClN2S. The van der Waals surface area contributed by atoms with Crippen molar-refractivity contribution >= 4 is 23.4 Å². The molecule has 0 saturated heterocycles. The molecular weight excluding hydrogens is 300 g/mol. The number of halogens is 1. The van der Waals surface area contributed by atoms with E-state index in [0.29, 0.717) is 0 Å². The first-order valence-corrected chi connectivity index (χ1v) is 9.11. The van der Waals surface area contributed by atoms with Gasteiger partial charge in [-0.1, -0.05) is 37.6 Å². The van der Waals surface area contributed by atoms with E-state index in [4.69, 9.17) is 11.6 Å². The molecule has 1 N–H and O–H groups in total. The van der Waals surface area contributed by atoms with E-state index in [2.05, 4.69) is 50.9 Å². The Morgan fingerprint density at radius 1 is 1.19 bits per heavy atom. The normalized spacial score (nSPS) is 12.1. The van der Waals surface area contributed by atoms with E-state index in [1.165, 1.54) is 10.5 Å². The Morgan fingerprint density at radius 3 is 2.43 bits per heavy atom. The first-order valence-electron chi connectivity index (χ1n) is 7.75. The van der Waals surface area contributed by atoms with Crippen molar-refractivity contribution in [1.82, 2.24) is 10.2 Å².